The van der Waals surface area contributed by atoms with E-state index in [1.807, 2.05) is 0 Å². The van der Waals surface area contributed by atoms with Gasteiger partial charge in [0, 0.05) is 6.61 Å². The molecular weight excluding hydrogens is 220 g/mol. The van der Waals surface area contributed by atoms with Gasteiger partial charge in [0.25, 0.3) is 0 Å². The van der Waals surface area contributed by atoms with E-state index in [0.717, 1.165) is 12.5 Å². The summed E-state index contributed by atoms with van der Waals surface area (Å²) in [4.78, 5) is 0. The summed E-state index contributed by atoms with van der Waals surface area (Å²) in [6, 6.07) is 0. The third kappa shape index (κ3) is 3.10. The minimum absolute atomic E-state index is 0.485. The monoisotopic (exact) mass is 254 g/mol. The number of hydrogen-bond donors (Lipinski definition) is 0. The fourth-order valence-corrected chi connectivity index (χ4v) is 3.68. The molecule has 0 aliphatic heterocycles. The molecule has 108 valence electrons. The van der Waals surface area contributed by atoms with Crippen LogP contribution < -0.4 is 0 Å². The molecule has 1 aliphatic rings. The number of unbranched alkanes of at least 4 members (excludes halogenated alkanes) is 1. The van der Waals surface area contributed by atoms with Crippen molar-refractivity contribution in [3.05, 3.63) is 0 Å². The van der Waals surface area contributed by atoms with Gasteiger partial charge < -0.3 is 4.74 Å². The molecule has 0 N–H and O–H groups in total. The van der Waals surface area contributed by atoms with Crippen molar-refractivity contribution < 1.29 is 4.74 Å². The van der Waals surface area contributed by atoms with E-state index in [9.17, 15) is 0 Å². The molecule has 1 fully saturated rings. The minimum atomic E-state index is 0.485. The lowest BCUT2D eigenvalue weighted by molar-refractivity contribution is -0.123. The van der Waals surface area contributed by atoms with Gasteiger partial charge in [-0.3, -0.25) is 0 Å². The summed E-state index contributed by atoms with van der Waals surface area (Å²) in [5, 5.41) is 0. The minimum Gasteiger partial charge on any atom is -0.378 e. The van der Waals surface area contributed by atoms with Crippen LogP contribution in [0.15, 0.2) is 0 Å². The molecule has 1 aliphatic carbocycles. The maximum atomic E-state index is 5.99. The highest BCUT2D eigenvalue weighted by Gasteiger charge is 2.54. The Balaban J connectivity index is 2.62. The topological polar surface area (TPSA) is 9.23 Å². The van der Waals surface area contributed by atoms with Crippen molar-refractivity contribution in [2.24, 2.45) is 16.7 Å². The van der Waals surface area contributed by atoms with Crippen molar-refractivity contribution >= 4 is 0 Å². The summed E-state index contributed by atoms with van der Waals surface area (Å²) in [5.74, 6) is 0.782. The van der Waals surface area contributed by atoms with Gasteiger partial charge in [-0.1, -0.05) is 47.5 Å². The highest BCUT2D eigenvalue weighted by atomic mass is 16.5. The first-order valence-corrected chi connectivity index (χ1v) is 8.01. The first kappa shape index (κ1) is 16.0. The maximum absolute atomic E-state index is 5.99. The van der Waals surface area contributed by atoms with Gasteiger partial charge in [0.05, 0.1) is 6.10 Å². The number of hydrogen-bond acceptors (Lipinski definition) is 1. The predicted octanol–water partition coefficient (Wildman–Crippen LogP) is 5.43. The number of ether oxygens (including phenoxy) is 1. The molecular formula is C17H34O. The van der Waals surface area contributed by atoms with Gasteiger partial charge in [-0.25, -0.2) is 0 Å². The fraction of sp³-hybridized carbons (Fsp3) is 1.00. The van der Waals surface area contributed by atoms with E-state index in [-0.39, 0.29) is 0 Å². The van der Waals surface area contributed by atoms with Gasteiger partial charge in [-0.15, -0.1) is 0 Å². The van der Waals surface area contributed by atoms with Crippen molar-refractivity contribution in [2.45, 2.75) is 86.2 Å². The molecule has 1 saturated carbocycles. The van der Waals surface area contributed by atoms with Crippen molar-refractivity contribution in [3.63, 3.8) is 0 Å². The SMILES string of the molecule is CCCCC(CC1(C)CCC1(C)C(C)C)OCC. The Morgan fingerprint density at radius 1 is 1.11 bits per heavy atom. The summed E-state index contributed by atoms with van der Waals surface area (Å²) in [6.07, 6.45) is 8.36. The van der Waals surface area contributed by atoms with E-state index in [2.05, 4.69) is 41.5 Å². The Hall–Kier alpha value is -0.0400. The van der Waals surface area contributed by atoms with E-state index in [1.165, 1.54) is 38.5 Å². The van der Waals surface area contributed by atoms with Crippen LogP contribution in [0.25, 0.3) is 0 Å². The first-order valence-electron chi connectivity index (χ1n) is 8.01. The van der Waals surface area contributed by atoms with Crippen LogP contribution >= 0.6 is 0 Å². The van der Waals surface area contributed by atoms with Gasteiger partial charge in [-0.2, -0.15) is 0 Å². The molecule has 0 saturated heterocycles. The summed E-state index contributed by atoms with van der Waals surface area (Å²) in [6.45, 7) is 15.0. The van der Waals surface area contributed by atoms with E-state index >= 15 is 0 Å². The molecule has 0 heterocycles. The summed E-state index contributed by atoms with van der Waals surface area (Å²) in [5.41, 5.74) is 1.02. The quantitative estimate of drug-likeness (QED) is 0.561. The second-order valence-corrected chi connectivity index (χ2v) is 7.06. The lowest BCUT2D eigenvalue weighted by atomic mass is 9.45. The highest BCUT2D eigenvalue weighted by molar-refractivity contribution is 5.04. The zero-order valence-electron chi connectivity index (χ0n) is 13.5. The van der Waals surface area contributed by atoms with Crippen LogP contribution in [0.1, 0.15) is 80.1 Å². The normalized spacial score (nSPS) is 33.5. The standard InChI is InChI=1S/C17H34O/c1-7-9-10-15(18-8-2)13-16(5)11-12-17(16,6)14(3)4/h14-15H,7-13H2,1-6H3. The van der Waals surface area contributed by atoms with Gasteiger partial charge >= 0.3 is 0 Å². The lowest BCUT2D eigenvalue weighted by Crippen LogP contribution is -2.52. The molecule has 1 nitrogen and oxygen atoms in total. The van der Waals surface area contributed by atoms with Gasteiger partial charge in [0.1, 0.15) is 0 Å². The maximum Gasteiger partial charge on any atom is 0.0580 e. The van der Waals surface area contributed by atoms with E-state index < -0.39 is 0 Å². The van der Waals surface area contributed by atoms with Gasteiger partial charge in [0.15, 0.2) is 0 Å². The zero-order valence-corrected chi connectivity index (χ0v) is 13.5. The first-order chi connectivity index (χ1) is 8.39. The smallest absolute Gasteiger partial charge is 0.0580 e. The molecule has 1 heteroatoms. The Morgan fingerprint density at radius 3 is 2.17 bits per heavy atom. The van der Waals surface area contributed by atoms with Crippen molar-refractivity contribution in [3.8, 4) is 0 Å². The summed E-state index contributed by atoms with van der Waals surface area (Å²) in [7, 11) is 0. The molecule has 0 amide bonds. The Morgan fingerprint density at radius 2 is 1.78 bits per heavy atom. The Bertz CT molecular complexity index is 248. The van der Waals surface area contributed by atoms with Gasteiger partial charge in [0.2, 0.25) is 0 Å². The summed E-state index contributed by atoms with van der Waals surface area (Å²) >= 11 is 0. The van der Waals surface area contributed by atoms with Crippen LogP contribution in [-0.4, -0.2) is 12.7 Å². The molecule has 3 unspecified atom stereocenters. The highest BCUT2D eigenvalue weighted by Crippen LogP contribution is 2.62. The lowest BCUT2D eigenvalue weighted by Gasteiger charge is -2.60. The molecule has 3 atom stereocenters. The van der Waals surface area contributed by atoms with Crippen molar-refractivity contribution in [1.82, 2.24) is 0 Å². The molecule has 0 aromatic carbocycles. The van der Waals surface area contributed by atoms with Crippen LogP contribution in [0.5, 0.6) is 0 Å². The van der Waals surface area contributed by atoms with Crippen molar-refractivity contribution in [1.29, 1.82) is 0 Å². The van der Waals surface area contributed by atoms with Crippen LogP contribution in [0.4, 0.5) is 0 Å². The van der Waals surface area contributed by atoms with Crippen LogP contribution in [0.2, 0.25) is 0 Å². The fourth-order valence-electron chi connectivity index (χ4n) is 3.68. The van der Waals surface area contributed by atoms with E-state index in [1.54, 1.807) is 0 Å². The summed E-state index contributed by atoms with van der Waals surface area (Å²) < 4.78 is 5.99. The van der Waals surface area contributed by atoms with Crippen LogP contribution in [-0.2, 0) is 4.74 Å². The molecule has 0 spiro atoms. The van der Waals surface area contributed by atoms with Crippen LogP contribution in [0, 0.1) is 16.7 Å². The Kier molecular flexibility index (Phi) is 5.70. The predicted molar refractivity (Wildman–Crippen MR) is 79.8 cm³/mol. The molecule has 0 aromatic heterocycles. The number of rotatable bonds is 8. The van der Waals surface area contributed by atoms with Crippen LogP contribution in [0.3, 0.4) is 0 Å². The molecule has 18 heavy (non-hydrogen) atoms. The third-order valence-electron chi connectivity index (χ3n) is 5.81. The molecule has 0 aromatic rings. The van der Waals surface area contributed by atoms with E-state index in [0.29, 0.717) is 16.9 Å². The van der Waals surface area contributed by atoms with Crippen molar-refractivity contribution in [2.75, 3.05) is 6.61 Å². The third-order valence-corrected chi connectivity index (χ3v) is 5.81. The van der Waals surface area contributed by atoms with Gasteiger partial charge in [-0.05, 0) is 49.4 Å². The second kappa shape index (κ2) is 6.41. The Labute approximate surface area is 115 Å². The largest absolute Gasteiger partial charge is 0.378 e. The molecule has 1 rings (SSSR count). The zero-order chi connectivity index (χ0) is 13.8. The average Bonchev–Trinajstić information content (AvgIpc) is 2.33. The molecule has 0 radical (unpaired) electrons. The molecule has 0 bridgehead atoms. The van der Waals surface area contributed by atoms with E-state index in [4.69, 9.17) is 4.74 Å². The second-order valence-electron chi connectivity index (χ2n) is 7.06. The average molecular weight is 254 g/mol.